The lowest BCUT2D eigenvalue weighted by atomic mass is 10.1. The third-order valence-electron chi connectivity index (χ3n) is 3.20. The Morgan fingerprint density at radius 1 is 1.26 bits per heavy atom. The van der Waals surface area contributed by atoms with E-state index in [1.54, 1.807) is 0 Å². The second-order valence-electron chi connectivity index (χ2n) is 4.79. The molecule has 1 aromatic rings. The van der Waals surface area contributed by atoms with E-state index < -0.39 is 15.9 Å². The summed E-state index contributed by atoms with van der Waals surface area (Å²) in [5.41, 5.74) is 0.306. The Hall–Kier alpha value is -2.00. The van der Waals surface area contributed by atoms with Crippen molar-refractivity contribution in [2.45, 2.75) is 6.42 Å². The molecule has 0 aliphatic heterocycles. The zero-order chi connectivity index (χ0) is 17.6. The standard InChI is InChI=1S/C14H22N2O6S/c1-16(23(4,19)20)11-9-13(22-3)12(21-2)8-10(11)14(18)15-6-5-7-17/h8-9,17H,5-7H2,1-4H3,(H,15,18). The van der Waals surface area contributed by atoms with E-state index in [9.17, 15) is 13.2 Å². The van der Waals surface area contributed by atoms with E-state index in [-0.39, 0.29) is 24.4 Å². The van der Waals surface area contributed by atoms with Crippen LogP contribution in [0.2, 0.25) is 0 Å². The van der Waals surface area contributed by atoms with Crippen LogP contribution in [0.1, 0.15) is 16.8 Å². The van der Waals surface area contributed by atoms with Crippen molar-refractivity contribution in [1.29, 1.82) is 0 Å². The van der Waals surface area contributed by atoms with Crippen LogP contribution in [0.15, 0.2) is 12.1 Å². The lowest BCUT2D eigenvalue weighted by Crippen LogP contribution is -2.30. The Kier molecular flexibility index (Phi) is 6.64. The van der Waals surface area contributed by atoms with Gasteiger partial charge in [0.15, 0.2) is 11.5 Å². The predicted octanol–water partition coefficient (Wildman–Crippen LogP) is 0.212. The van der Waals surface area contributed by atoms with E-state index in [0.717, 1.165) is 10.6 Å². The van der Waals surface area contributed by atoms with Gasteiger partial charge < -0.3 is 19.9 Å². The highest BCUT2D eigenvalue weighted by Gasteiger charge is 2.23. The molecule has 130 valence electrons. The van der Waals surface area contributed by atoms with Gasteiger partial charge in [-0.2, -0.15) is 0 Å². The van der Waals surface area contributed by atoms with Gasteiger partial charge in [-0.25, -0.2) is 8.42 Å². The molecule has 0 saturated carbocycles. The molecule has 0 bridgehead atoms. The summed E-state index contributed by atoms with van der Waals surface area (Å²) in [6.45, 7) is 0.216. The van der Waals surface area contributed by atoms with Crippen molar-refractivity contribution in [1.82, 2.24) is 5.32 Å². The molecule has 2 N–H and O–H groups in total. The van der Waals surface area contributed by atoms with Gasteiger partial charge in [-0.1, -0.05) is 0 Å². The quantitative estimate of drug-likeness (QED) is 0.652. The molecule has 0 heterocycles. The van der Waals surface area contributed by atoms with Crippen molar-refractivity contribution in [2.75, 3.05) is 45.0 Å². The average Bonchev–Trinajstić information content (AvgIpc) is 2.51. The number of carbonyl (C=O) groups excluding carboxylic acids is 1. The van der Waals surface area contributed by atoms with E-state index in [4.69, 9.17) is 14.6 Å². The number of aliphatic hydroxyl groups is 1. The molecule has 0 saturated heterocycles. The van der Waals surface area contributed by atoms with Crippen LogP contribution in [0.3, 0.4) is 0 Å². The van der Waals surface area contributed by atoms with Gasteiger partial charge in [0.1, 0.15) is 0 Å². The smallest absolute Gasteiger partial charge is 0.253 e. The largest absolute Gasteiger partial charge is 0.493 e. The zero-order valence-corrected chi connectivity index (χ0v) is 14.4. The maximum atomic E-state index is 12.3. The van der Waals surface area contributed by atoms with E-state index in [2.05, 4.69) is 5.32 Å². The lowest BCUT2D eigenvalue weighted by molar-refractivity contribution is 0.0951. The Balaban J connectivity index is 3.37. The van der Waals surface area contributed by atoms with Crippen molar-refractivity contribution in [3.63, 3.8) is 0 Å². The second-order valence-corrected chi connectivity index (χ2v) is 6.80. The third kappa shape index (κ3) is 4.73. The van der Waals surface area contributed by atoms with Gasteiger partial charge in [-0.3, -0.25) is 9.10 Å². The molecular formula is C14H22N2O6S. The number of benzene rings is 1. The summed E-state index contributed by atoms with van der Waals surface area (Å²) >= 11 is 0. The highest BCUT2D eigenvalue weighted by Crippen LogP contribution is 2.35. The van der Waals surface area contributed by atoms with Crippen molar-refractivity contribution < 1.29 is 27.8 Å². The number of sulfonamides is 1. The molecule has 0 fully saturated rings. The Morgan fingerprint density at radius 3 is 2.30 bits per heavy atom. The lowest BCUT2D eigenvalue weighted by Gasteiger charge is -2.22. The highest BCUT2D eigenvalue weighted by atomic mass is 32.2. The van der Waals surface area contributed by atoms with Crippen molar-refractivity contribution >= 4 is 21.6 Å². The average molecular weight is 346 g/mol. The van der Waals surface area contributed by atoms with Crippen LogP contribution in [0.25, 0.3) is 0 Å². The minimum absolute atomic E-state index is 0.0533. The molecule has 0 radical (unpaired) electrons. The third-order valence-corrected chi connectivity index (χ3v) is 4.40. The molecule has 1 rings (SSSR count). The van der Waals surface area contributed by atoms with Crippen LogP contribution >= 0.6 is 0 Å². The number of rotatable bonds is 8. The number of hydrogen-bond donors (Lipinski definition) is 2. The van der Waals surface area contributed by atoms with Gasteiger partial charge in [0.25, 0.3) is 5.91 Å². The summed E-state index contributed by atoms with van der Waals surface area (Å²) in [6.07, 6.45) is 1.44. The summed E-state index contributed by atoms with van der Waals surface area (Å²) in [7, 11) is 0.625. The molecule has 0 aromatic heterocycles. The minimum Gasteiger partial charge on any atom is -0.493 e. The first kappa shape index (κ1) is 19.0. The number of carbonyl (C=O) groups is 1. The van der Waals surface area contributed by atoms with E-state index >= 15 is 0 Å². The van der Waals surface area contributed by atoms with E-state index in [0.29, 0.717) is 17.9 Å². The number of nitrogens with zero attached hydrogens (tertiary/aromatic N) is 1. The fourth-order valence-corrected chi connectivity index (χ4v) is 2.37. The molecule has 0 atom stereocenters. The zero-order valence-electron chi connectivity index (χ0n) is 13.6. The monoisotopic (exact) mass is 346 g/mol. The molecule has 8 nitrogen and oxygen atoms in total. The molecule has 1 amide bonds. The van der Waals surface area contributed by atoms with Crippen LogP contribution in [-0.4, -0.2) is 60.1 Å². The molecule has 0 spiro atoms. The Bertz CT molecular complexity index is 659. The van der Waals surface area contributed by atoms with Gasteiger partial charge in [-0.15, -0.1) is 0 Å². The molecule has 0 aliphatic rings. The van der Waals surface area contributed by atoms with Crippen LogP contribution in [0.4, 0.5) is 5.69 Å². The van der Waals surface area contributed by atoms with Crippen molar-refractivity contribution in [3.05, 3.63) is 17.7 Å². The molecular weight excluding hydrogens is 324 g/mol. The summed E-state index contributed by atoms with van der Waals surface area (Å²) in [5.74, 6) is 0.153. The predicted molar refractivity (Wildman–Crippen MR) is 86.8 cm³/mol. The van der Waals surface area contributed by atoms with Crippen LogP contribution in [0.5, 0.6) is 11.5 Å². The first-order valence-corrected chi connectivity index (χ1v) is 8.70. The maximum Gasteiger partial charge on any atom is 0.253 e. The summed E-state index contributed by atoms with van der Waals surface area (Å²) in [5, 5.41) is 11.4. The fraction of sp³-hybridized carbons (Fsp3) is 0.500. The number of aliphatic hydroxyl groups excluding tert-OH is 1. The first-order chi connectivity index (χ1) is 10.8. The number of ether oxygens (including phenoxy) is 2. The van der Waals surface area contributed by atoms with Crippen LogP contribution in [0, 0.1) is 0 Å². The van der Waals surface area contributed by atoms with Crippen molar-refractivity contribution in [3.8, 4) is 11.5 Å². The number of nitrogens with one attached hydrogen (secondary N) is 1. The first-order valence-electron chi connectivity index (χ1n) is 6.85. The molecule has 0 aliphatic carbocycles. The van der Waals surface area contributed by atoms with Crippen LogP contribution < -0.4 is 19.1 Å². The van der Waals surface area contributed by atoms with Gasteiger partial charge in [0.05, 0.1) is 31.7 Å². The number of hydrogen-bond acceptors (Lipinski definition) is 6. The minimum atomic E-state index is -3.56. The summed E-state index contributed by atoms with van der Waals surface area (Å²) < 4.78 is 34.9. The highest BCUT2D eigenvalue weighted by molar-refractivity contribution is 7.92. The maximum absolute atomic E-state index is 12.3. The van der Waals surface area contributed by atoms with Gasteiger partial charge in [0, 0.05) is 26.3 Å². The van der Waals surface area contributed by atoms with Crippen LogP contribution in [-0.2, 0) is 10.0 Å². The SMILES string of the molecule is COc1cc(C(=O)NCCCO)c(N(C)S(C)(=O)=O)cc1OC. The van der Waals surface area contributed by atoms with Gasteiger partial charge >= 0.3 is 0 Å². The Morgan fingerprint density at radius 2 is 1.83 bits per heavy atom. The van der Waals surface area contributed by atoms with E-state index in [1.807, 2.05) is 0 Å². The van der Waals surface area contributed by atoms with Gasteiger partial charge in [-0.05, 0) is 12.5 Å². The number of anilines is 1. The topological polar surface area (TPSA) is 105 Å². The summed E-state index contributed by atoms with van der Waals surface area (Å²) in [4.78, 5) is 12.3. The molecule has 0 unspecified atom stereocenters. The molecule has 23 heavy (non-hydrogen) atoms. The normalized spacial score (nSPS) is 11.0. The fourth-order valence-electron chi connectivity index (χ4n) is 1.87. The number of amides is 1. The van der Waals surface area contributed by atoms with Crippen molar-refractivity contribution in [2.24, 2.45) is 0 Å². The molecule has 9 heteroatoms. The van der Waals surface area contributed by atoms with Gasteiger partial charge in [0.2, 0.25) is 10.0 Å². The number of methoxy groups -OCH3 is 2. The summed E-state index contributed by atoms with van der Waals surface area (Å²) in [6, 6.07) is 2.85. The Labute approximate surface area is 136 Å². The van der Waals surface area contributed by atoms with E-state index in [1.165, 1.54) is 33.4 Å². The second kappa shape index (κ2) is 8.02. The molecule has 1 aromatic carbocycles.